The van der Waals surface area contributed by atoms with Gasteiger partial charge in [-0.15, -0.1) is 0 Å². The van der Waals surface area contributed by atoms with Crippen LogP contribution in [-0.4, -0.2) is 61.8 Å². The molecule has 0 radical (unpaired) electrons. The average Bonchev–Trinajstić information content (AvgIpc) is 2.81. The summed E-state index contributed by atoms with van der Waals surface area (Å²) in [4.78, 5) is 27.5. The van der Waals surface area contributed by atoms with Crippen molar-refractivity contribution in [2.24, 2.45) is 5.41 Å². The Labute approximate surface area is 175 Å². The zero-order valence-electron chi connectivity index (χ0n) is 16.6. The highest BCUT2D eigenvalue weighted by atomic mass is 16.3. The Morgan fingerprint density at radius 2 is 1.80 bits per heavy atom. The van der Waals surface area contributed by atoms with Gasteiger partial charge >= 0.3 is 0 Å². The molecule has 1 aromatic carbocycles. The molecule has 7 nitrogen and oxygen atoms in total. The number of likely N-dealkylation sites (tertiary alicyclic amines) is 1. The molecule has 1 saturated heterocycles. The first-order valence-electron chi connectivity index (χ1n) is 9.97. The standard InChI is InChI=1S/C23H24N4O3/c28-16-23(12-17-6-2-1-3-7-17)15-27(11-9-20(23)29)22(30)18-13-25-21(26-14-18)19-8-4-5-10-24-19/h1-8,10,13-14,20,28-29H,9,11-12,15-16H2/t20-,23+/m1/s1. The van der Waals surface area contributed by atoms with Crippen LogP contribution in [0.1, 0.15) is 22.3 Å². The van der Waals surface area contributed by atoms with E-state index in [1.54, 1.807) is 11.1 Å². The first-order chi connectivity index (χ1) is 14.6. The molecule has 1 aliphatic rings. The van der Waals surface area contributed by atoms with Gasteiger partial charge in [0.2, 0.25) is 0 Å². The number of aliphatic hydroxyl groups is 2. The van der Waals surface area contributed by atoms with E-state index in [9.17, 15) is 15.0 Å². The Balaban J connectivity index is 1.52. The summed E-state index contributed by atoms with van der Waals surface area (Å²) in [6.07, 6.45) is 4.88. The molecule has 2 N–H and O–H groups in total. The van der Waals surface area contributed by atoms with Gasteiger partial charge in [0, 0.05) is 37.1 Å². The molecule has 1 fully saturated rings. The zero-order valence-corrected chi connectivity index (χ0v) is 16.6. The van der Waals surface area contributed by atoms with E-state index >= 15 is 0 Å². The lowest BCUT2D eigenvalue weighted by Crippen LogP contribution is -2.56. The lowest BCUT2D eigenvalue weighted by Gasteiger charge is -2.45. The third-order valence-electron chi connectivity index (χ3n) is 5.68. The van der Waals surface area contributed by atoms with Crippen LogP contribution in [0, 0.1) is 5.41 Å². The monoisotopic (exact) mass is 404 g/mol. The fourth-order valence-electron chi connectivity index (χ4n) is 3.96. The fourth-order valence-corrected chi connectivity index (χ4v) is 3.96. The summed E-state index contributed by atoms with van der Waals surface area (Å²) in [6.45, 7) is 0.473. The SMILES string of the molecule is O=C(c1cnc(-c2ccccn2)nc1)N1CC[C@@H](O)[C@@](CO)(Cc2ccccc2)C1. The summed E-state index contributed by atoms with van der Waals surface area (Å²) in [5, 5.41) is 20.9. The molecule has 0 bridgehead atoms. The largest absolute Gasteiger partial charge is 0.396 e. The van der Waals surface area contributed by atoms with Crippen LogP contribution in [-0.2, 0) is 6.42 Å². The first-order valence-corrected chi connectivity index (χ1v) is 9.97. The minimum Gasteiger partial charge on any atom is -0.396 e. The number of carbonyl (C=O) groups excluding carboxylic acids is 1. The third-order valence-corrected chi connectivity index (χ3v) is 5.68. The number of hydrogen-bond donors (Lipinski definition) is 2. The lowest BCUT2D eigenvalue weighted by atomic mass is 9.73. The van der Waals surface area contributed by atoms with Gasteiger partial charge < -0.3 is 15.1 Å². The Hall–Kier alpha value is -3.16. The van der Waals surface area contributed by atoms with E-state index < -0.39 is 11.5 Å². The van der Waals surface area contributed by atoms with Gasteiger partial charge in [0.25, 0.3) is 5.91 Å². The Bertz CT molecular complexity index is 982. The van der Waals surface area contributed by atoms with Gasteiger partial charge in [-0.05, 0) is 30.5 Å². The maximum atomic E-state index is 13.1. The summed E-state index contributed by atoms with van der Waals surface area (Å²) >= 11 is 0. The maximum absolute atomic E-state index is 13.1. The molecule has 3 aromatic rings. The van der Waals surface area contributed by atoms with Gasteiger partial charge in [-0.1, -0.05) is 36.4 Å². The summed E-state index contributed by atoms with van der Waals surface area (Å²) in [6, 6.07) is 15.2. The van der Waals surface area contributed by atoms with E-state index in [1.165, 1.54) is 12.4 Å². The first kappa shape index (κ1) is 20.1. The normalized spacial score (nSPS) is 21.4. The highest BCUT2D eigenvalue weighted by Crippen LogP contribution is 2.34. The molecule has 1 aliphatic heterocycles. The molecule has 1 amide bonds. The van der Waals surface area contributed by atoms with Crippen LogP contribution in [0.25, 0.3) is 11.5 Å². The number of benzene rings is 1. The zero-order chi connectivity index (χ0) is 21.0. The molecular formula is C23H24N4O3. The number of aromatic nitrogens is 3. The van der Waals surface area contributed by atoms with Crippen LogP contribution >= 0.6 is 0 Å². The molecular weight excluding hydrogens is 380 g/mol. The second-order valence-corrected chi connectivity index (χ2v) is 7.72. The van der Waals surface area contributed by atoms with Crippen molar-refractivity contribution in [3.63, 3.8) is 0 Å². The van der Waals surface area contributed by atoms with Crippen LogP contribution in [0.5, 0.6) is 0 Å². The maximum Gasteiger partial charge on any atom is 0.257 e. The molecule has 7 heteroatoms. The predicted octanol–water partition coefficient (Wildman–Crippen LogP) is 1.97. The number of rotatable bonds is 5. The van der Waals surface area contributed by atoms with E-state index in [2.05, 4.69) is 15.0 Å². The summed E-state index contributed by atoms with van der Waals surface area (Å²) in [5.41, 5.74) is 1.23. The van der Waals surface area contributed by atoms with E-state index in [1.807, 2.05) is 48.5 Å². The number of piperidine rings is 1. The molecule has 0 saturated carbocycles. The molecule has 0 unspecified atom stereocenters. The quantitative estimate of drug-likeness (QED) is 0.675. The minimum absolute atomic E-state index is 0.206. The predicted molar refractivity (Wildman–Crippen MR) is 111 cm³/mol. The minimum atomic E-state index is -0.802. The molecule has 0 aliphatic carbocycles. The second-order valence-electron chi connectivity index (χ2n) is 7.72. The van der Waals surface area contributed by atoms with Crippen LogP contribution in [0.3, 0.4) is 0 Å². The number of aliphatic hydroxyl groups excluding tert-OH is 2. The van der Waals surface area contributed by atoms with Crippen molar-refractivity contribution in [1.82, 2.24) is 19.9 Å². The van der Waals surface area contributed by atoms with E-state index in [0.717, 1.165) is 5.56 Å². The van der Waals surface area contributed by atoms with Gasteiger partial charge in [0.15, 0.2) is 5.82 Å². The Morgan fingerprint density at radius 1 is 1.07 bits per heavy atom. The van der Waals surface area contributed by atoms with Crippen molar-refractivity contribution in [1.29, 1.82) is 0 Å². The molecule has 154 valence electrons. The van der Waals surface area contributed by atoms with E-state index in [4.69, 9.17) is 0 Å². The summed E-state index contributed by atoms with van der Waals surface area (Å²) in [7, 11) is 0. The van der Waals surface area contributed by atoms with Crippen molar-refractivity contribution >= 4 is 5.91 Å². The molecule has 30 heavy (non-hydrogen) atoms. The van der Waals surface area contributed by atoms with Crippen molar-refractivity contribution in [2.45, 2.75) is 18.9 Å². The highest BCUT2D eigenvalue weighted by molar-refractivity contribution is 5.93. The second kappa shape index (κ2) is 8.69. The number of nitrogens with zero attached hydrogens (tertiary/aromatic N) is 4. The molecule has 2 aromatic heterocycles. The average molecular weight is 404 g/mol. The van der Waals surface area contributed by atoms with E-state index in [0.29, 0.717) is 36.5 Å². The lowest BCUT2D eigenvalue weighted by molar-refractivity contribution is -0.0668. The number of pyridine rings is 1. The van der Waals surface area contributed by atoms with Gasteiger partial charge in [-0.2, -0.15) is 0 Å². The number of amides is 1. The molecule has 2 atom stereocenters. The number of hydrogen-bond acceptors (Lipinski definition) is 6. The summed E-state index contributed by atoms with van der Waals surface area (Å²) in [5.74, 6) is 0.246. The van der Waals surface area contributed by atoms with Gasteiger partial charge in [0.1, 0.15) is 5.69 Å². The van der Waals surface area contributed by atoms with Crippen molar-refractivity contribution in [3.05, 3.63) is 78.2 Å². The number of carbonyl (C=O) groups is 1. The Morgan fingerprint density at radius 3 is 2.47 bits per heavy atom. The summed E-state index contributed by atoms with van der Waals surface area (Å²) < 4.78 is 0. The van der Waals surface area contributed by atoms with Crippen LogP contribution in [0.2, 0.25) is 0 Å². The van der Waals surface area contributed by atoms with Gasteiger partial charge in [-0.3, -0.25) is 9.78 Å². The third kappa shape index (κ3) is 4.08. The Kier molecular flexibility index (Phi) is 5.83. The van der Waals surface area contributed by atoms with Crippen molar-refractivity contribution < 1.29 is 15.0 Å². The molecule has 3 heterocycles. The topological polar surface area (TPSA) is 99.4 Å². The van der Waals surface area contributed by atoms with Gasteiger partial charge in [-0.25, -0.2) is 9.97 Å². The van der Waals surface area contributed by atoms with Crippen LogP contribution < -0.4 is 0 Å². The molecule has 4 rings (SSSR count). The van der Waals surface area contributed by atoms with Crippen molar-refractivity contribution in [3.8, 4) is 11.5 Å². The fraction of sp³-hybridized carbons (Fsp3) is 0.304. The van der Waals surface area contributed by atoms with Crippen LogP contribution in [0.15, 0.2) is 67.1 Å². The van der Waals surface area contributed by atoms with Gasteiger partial charge in [0.05, 0.1) is 18.3 Å². The van der Waals surface area contributed by atoms with Crippen molar-refractivity contribution in [2.75, 3.05) is 19.7 Å². The highest BCUT2D eigenvalue weighted by Gasteiger charge is 2.44. The van der Waals surface area contributed by atoms with Crippen LogP contribution in [0.4, 0.5) is 0 Å². The molecule has 0 spiro atoms. The van der Waals surface area contributed by atoms with E-state index in [-0.39, 0.29) is 19.1 Å². The smallest absolute Gasteiger partial charge is 0.257 e.